The van der Waals surface area contributed by atoms with Crippen molar-refractivity contribution in [3.63, 3.8) is 0 Å². The van der Waals surface area contributed by atoms with E-state index in [9.17, 15) is 13.2 Å². The lowest BCUT2D eigenvalue weighted by Gasteiger charge is -2.08. The minimum atomic E-state index is -0.872. The topological polar surface area (TPSA) is 0 Å². The van der Waals surface area contributed by atoms with Crippen LogP contribution in [0.25, 0.3) is 34.4 Å². The molecule has 0 spiro atoms. The molecule has 3 heteroatoms. The average molecular weight is 485 g/mol. The molecule has 0 amide bonds. The van der Waals surface area contributed by atoms with Gasteiger partial charge in [-0.15, -0.1) is 0 Å². The summed E-state index contributed by atoms with van der Waals surface area (Å²) in [6.45, 7) is 4.23. The summed E-state index contributed by atoms with van der Waals surface area (Å²) < 4.78 is 44.3. The minimum Gasteiger partial charge on any atom is -0.206 e. The molecule has 0 aliphatic rings. The highest BCUT2D eigenvalue weighted by Gasteiger charge is 2.13. The third-order valence-corrected chi connectivity index (χ3v) is 6.45. The number of hydrogen-bond donors (Lipinski definition) is 0. The second-order valence-electron chi connectivity index (χ2n) is 9.15. The Morgan fingerprint density at radius 3 is 1.89 bits per heavy atom. The van der Waals surface area contributed by atoms with Crippen LogP contribution in [0, 0.1) is 17.5 Å². The van der Waals surface area contributed by atoms with Gasteiger partial charge in [0.1, 0.15) is 5.82 Å². The molecule has 0 aliphatic carbocycles. The molecular weight excluding hydrogens is 453 g/mol. The highest BCUT2D eigenvalue weighted by molar-refractivity contribution is 5.74. The quantitative estimate of drug-likeness (QED) is 0.207. The summed E-state index contributed by atoms with van der Waals surface area (Å²) in [5, 5.41) is 0. The van der Waals surface area contributed by atoms with Crippen molar-refractivity contribution in [1.29, 1.82) is 0 Å². The fourth-order valence-electron chi connectivity index (χ4n) is 4.34. The van der Waals surface area contributed by atoms with Gasteiger partial charge in [-0.25, -0.2) is 13.2 Å². The van der Waals surface area contributed by atoms with Crippen LogP contribution in [0.2, 0.25) is 0 Å². The second-order valence-corrected chi connectivity index (χ2v) is 9.15. The Kier molecular flexibility index (Phi) is 8.43. The first-order valence-electron chi connectivity index (χ1n) is 12.6. The number of benzene rings is 4. The lowest BCUT2D eigenvalue weighted by molar-refractivity contribution is 0.509. The Balaban J connectivity index is 1.49. The van der Waals surface area contributed by atoms with Crippen LogP contribution in [0.3, 0.4) is 0 Å². The smallest absolute Gasteiger partial charge is 0.167 e. The fraction of sp³-hybridized carbons (Fsp3) is 0.212. The second kappa shape index (κ2) is 11.9. The van der Waals surface area contributed by atoms with E-state index in [4.69, 9.17) is 0 Å². The molecular formula is C33H31F3. The summed E-state index contributed by atoms with van der Waals surface area (Å²) in [4.78, 5) is 0. The van der Waals surface area contributed by atoms with Crippen LogP contribution >= 0.6 is 0 Å². The van der Waals surface area contributed by atoms with E-state index in [1.165, 1.54) is 5.56 Å². The molecule has 0 unspecified atom stereocenters. The number of hydrogen-bond acceptors (Lipinski definition) is 0. The van der Waals surface area contributed by atoms with Crippen molar-refractivity contribution in [2.75, 3.05) is 0 Å². The SMILES string of the molecule is CCCCc1ccc(-c2ccc(/C=C/c3ccc(-c4ccc(CCC)cc4)c(F)c3F)cc2)c(F)c1. The van der Waals surface area contributed by atoms with Gasteiger partial charge in [-0.05, 0) is 53.1 Å². The first-order chi connectivity index (χ1) is 17.5. The maximum absolute atomic E-state index is 14.9. The van der Waals surface area contributed by atoms with E-state index in [0.29, 0.717) is 11.1 Å². The van der Waals surface area contributed by atoms with Crippen LogP contribution in [0.1, 0.15) is 55.4 Å². The van der Waals surface area contributed by atoms with Crippen LogP contribution in [0.4, 0.5) is 13.2 Å². The predicted molar refractivity (Wildman–Crippen MR) is 145 cm³/mol. The van der Waals surface area contributed by atoms with Crippen LogP contribution in [0.5, 0.6) is 0 Å². The molecule has 0 radical (unpaired) electrons. The molecule has 0 fully saturated rings. The highest BCUT2D eigenvalue weighted by atomic mass is 19.2. The number of unbranched alkanes of at least 4 members (excludes halogenated alkanes) is 1. The van der Waals surface area contributed by atoms with Gasteiger partial charge in [0.05, 0.1) is 0 Å². The molecule has 0 saturated carbocycles. The van der Waals surface area contributed by atoms with E-state index < -0.39 is 11.6 Å². The molecule has 4 aromatic rings. The lowest BCUT2D eigenvalue weighted by atomic mass is 9.99. The average Bonchev–Trinajstić information content (AvgIpc) is 2.90. The van der Waals surface area contributed by atoms with E-state index in [2.05, 4.69) is 13.8 Å². The van der Waals surface area contributed by atoms with Crippen molar-refractivity contribution in [3.8, 4) is 22.3 Å². The van der Waals surface area contributed by atoms with Crippen molar-refractivity contribution < 1.29 is 13.2 Å². The maximum Gasteiger partial charge on any atom is 0.167 e. The summed E-state index contributed by atoms with van der Waals surface area (Å²) in [7, 11) is 0. The Labute approximate surface area is 212 Å². The highest BCUT2D eigenvalue weighted by Crippen LogP contribution is 2.29. The van der Waals surface area contributed by atoms with Gasteiger partial charge in [0.2, 0.25) is 0 Å². The Morgan fingerprint density at radius 2 is 1.22 bits per heavy atom. The number of aryl methyl sites for hydroxylation is 2. The summed E-state index contributed by atoms with van der Waals surface area (Å²) in [6.07, 6.45) is 8.28. The molecule has 184 valence electrons. The molecule has 0 saturated heterocycles. The maximum atomic E-state index is 14.9. The van der Waals surface area contributed by atoms with Gasteiger partial charge in [-0.3, -0.25) is 0 Å². The third kappa shape index (κ3) is 5.96. The first-order valence-corrected chi connectivity index (χ1v) is 12.6. The molecule has 0 aliphatic heterocycles. The van der Waals surface area contributed by atoms with Crippen LogP contribution in [-0.2, 0) is 12.8 Å². The zero-order valence-electron chi connectivity index (χ0n) is 20.8. The van der Waals surface area contributed by atoms with E-state index in [0.717, 1.165) is 48.8 Å². The van der Waals surface area contributed by atoms with Crippen molar-refractivity contribution in [3.05, 3.63) is 119 Å². The van der Waals surface area contributed by atoms with Gasteiger partial charge in [-0.1, -0.05) is 112 Å². The minimum absolute atomic E-state index is 0.177. The molecule has 0 aromatic heterocycles. The largest absolute Gasteiger partial charge is 0.206 e. The molecule has 0 N–H and O–H groups in total. The summed E-state index contributed by atoms with van der Waals surface area (Å²) >= 11 is 0. The molecule has 0 bridgehead atoms. The molecule has 0 atom stereocenters. The standard InChI is InChI=1S/C33H31F3/c1-3-5-7-25-13-20-29(31(34)22-25)26-14-10-24(11-15-26)12-18-28-19-21-30(33(36)32(28)35)27-16-8-23(6-4-2)9-17-27/h8-22H,3-7H2,1-2H3/b18-12+. The van der Waals surface area contributed by atoms with E-state index in [1.54, 1.807) is 30.4 Å². The Morgan fingerprint density at radius 1 is 0.583 bits per heavy atom. The molecule has 4 aromatic carbocycles. The Bertz CT molecular complexity index is 1330. The molecule has 0 heterocycles. The van der Waals surface area contributed by atoms with Gasteiger partial charge in [0, 0.05) is 16.7 Å². The first kappa shape index (κ1) is 25.5. The normalized spacial score (nSPS) is 11.4. The van der Waals surface area contributed by atoms with Crippen molar-refractivity contribution >= 4 is 12.2 Å². The van der Waals surface area contributed by atoms with Crippen molar-refractivity contribution in [2.45, 2.75) is 46.0 Å². The lowest BCUT2D eigenvalue weighted by Crippen LogP contribution is -1.94. The number of rotatable bonds is 9. The predicted octanol–water partition coefficient (Wildman–Crippen LogP) is 9.90. The third-order valence-electron chi connectivity index (χ3n) is 6.45. The summed E-state index contributed by atoms with van der Waals surface area (Å²) in [5.41, 5.74) is 5.41. The van der Waals surface area contributed by atoms with E-state index in [-0.39, 0.29) is 16.9 Å². The van der Waals surface area contributed by atoms with Gasteiger partial charge >= 0.3 is 0 Å². The summed E-state index contributed by atoms with van der Waals surface area (Å²) in [6, 6.07) is 23.6. The van der Waals surface area contributed by atoms with Gasteiger partial charge < -0.3 is 0 Å². The molecule has 4 rings (SSSR count). The van der Waals surface area contributed by atoms with Gasteiger partial charge in [0.25, 0.3) is 0 Å². The molecule has 0 nitrogen and oxygen atoms in total. The monoisotopic (exact) mass is 484 g/mol. The van der Waals surface area contributed by atoms with Gasteiger partial charge in [0.15, 0.2) is 11.6 Å². The van der Waals surface area contributed by atoms with Crippen LogP contribution < -0.4 is 0 Å². The fourth-order valence-corrected chi connectivity index (χ4v) is 4.34. The van der Waals surface area contributed by atoms with E-state index >= 15 is 0 Å². The van der Waals surface area contributed by atoms with Crippen LogP contribution in [0.15, 0.2) is 78.9 Å². The van der Waals surface area contributed by atoms with Crippen LogP contribution in [-0.4, -0.2) is 0 Å². The Hall–Kier alpha value is -3.59. The summed E-state index contributed by atoms with van der Waals surface area (Å²) in [5.74, 6) is -1.96. The zero-order valence-corrected chi connectivity index (χ0v) is 20.8. The van der Waals surface area contributed by atoms with Crippen molar-refractivity contribution in [1.82, 2.24) is 0 Å². The number of halogens is 3. The molecule has 36 heavy (non-hydrogen) atoms. The zero-order chi connectivity index (χ0) is 25.5. The van der Waals surface area contributed by atoms with E-state index in [1.807, 2.05) is 60.7 Å². The van der Waals surface area contributed by atoms with Gasteiger partial charge in [-0.2, -0.15) is 0 Å². The van der Waals surface area contributed by atoms with Crippen molar-refractivity contribution in [2.24, 2.45) is 0 Å².